The van der Waals surface area contributed by atoms with E-state index in [4.69, 9.17) is 10.8 Å². The Balaban J connectivity index is 2.09. The van der Waals surface area contributed by atoms with Crippen LogP contribution >= 0.6 is 0 Å². The number of rotatable bonds is 6. The van der Waals surface area contributed by atoms with E-state index in [1.165, 1.54) is 5.56 Å². The molecule has 0 spiro atoms. The second-order valence-electron chi connectivity index (χ2n) is 5.28. The van der Waals surface area contributed by atoms with Gasteiger partial charge in [0.15, 0.2) is 0 Å². The van der Waals surface area contributed by atoms with E-state index in [1.807, 2.05) is 24.3 Å². The first-order chi connectivity index (χ1) is 10.8. The SMILES string of the molecule is CCC(CN=[N+]=[N-])Cc1ccc(-c2ccc(C#N)cc2)cc1. The van der Waals surface area contributed by atoms with E-state index in [-0.39, 0.29) is 0 Å². The van der Waals surface area contributed by atoms with Gasteiger partial charge in [0.1, 0.15) is 0 Å². The summed E-state index contributed by atoms with van der Waals surface area (Å²) in [6.07, 6.45) is 1.92. The molecule has 0 aliphatic heterocycles. The van der Waals surface area contributed by atoms with Crippen LogP contribution in [0.1, 0.15) is 24.5 Å². The van der Waals surface area contributed by atoms with Crippen molar-refractivity contribution >= 4 is 0 Å². The molecule has 0 aliphatic carbocycles. The molecule has 0 heterocycles. The van der Waals surface area contributed by atoms with E-state index < -0.39 is 0 Å². The third-order valence-electron chi connectivity index (χ3n) is 3.81. The molecule has 22 heavy (non-hydrogen) atoms. The van der Waals surface area contributed by atoms with Gasteiger partial charge < -0.3 is 0 Å². The highest BCUT2D eigenvalue weighted by Gasteiger charge is 2.07. The molecule has 0 saturated heterocycles. The minimum absolute atomic E-state index is 0.386. The molecule has 4 heteroatoms. The Morgan fingerprint density at radius 1 is 1.09 bits per heavy atom. The molecule has 0 aliphatic rings. The minimum atomic E-state index is 0.386. The van der Waals surface area contributed by atoms with E-state index in [1.54, 1.807) is 0 Å². The average molecular weight is 290 g/mol. The van der Waals surface area contributed by atoms with E-state index >= 15 is 0 Å². The predicted molar refractivity (Wildman–Crippen MR) is 88.1 cm³/mol. The Bertz CT molecular complexity index is 689. The zero-order valence-electron chi connectivity index (χ0n) is 12.6. The second-order valence-corrected chi connectivity index (χ2v) is 5.28. The van der Waals surface area contributed by atoms with Crippen LogP contribution in [0.25, 0.3) is 21.6 Å². The summed E-state index contributed by atoms with van der Waals surface area (Å²) in [6, 6.07) is 18.1. The summed E-state index contributed by atoms with van der Waals surface area (Å²) in [7, 11) is 0. The molecule has 0 N–H and O–H groups in total. The molecular formula is C18H18N4. The standard InChI is InChI=1S/C18H18N4/c1-2-14(13-21-22-20)11-15-3-7-17(8-4-15)18-9-5-16(12-19)6-10-18/h3-10,14H,2,11,13H2,1H3. The van der Waals surface area contributed by atoms with Crippen molar-refractivity contribution in [2.24, 2.45) is 11.0 Å². The van der Waals surface area contributed by atoms with Gasteiger partial charge in [0.05, 0.1) is 11.6 Å². The maximum atomic E-state index is 8.82. The van der Waals surface area contributed by atoms with Gasteiger partial charge in [0, 0.05) is 11.5 Å². The molecule has 1 atom stereocenters. The number of benzene rings is 2. The van der Waals surface area contributed by atoms with Crippen LogP contribution in [0.5, 0.6) is 0 Å². The number of nitrogens with zero attached hydrogens (tertiary/aromatic N) is 4. The number of nitriles is 1. The fraction of sp³-hybridized carbons (Fsp3) is 0.278. The van der Waals surface area contributed by atoms with Crippen molar-refractivity contribution in [3.63, 3.8) is 0 Å². The van der Waals surface area contributed by atoms with Crippen molar-refractivity contribution < 1.29 is 0 Å². The molecule has 110 valence electrons. The summed E-state index contributed by atoms with van der Waals surface area (Å²) in [5.74, 6) is 0.386. The summed E-state index contributed by atoms with van der Waals surface area (Å²) in [5, 5.41) is 12.5. The minimum Gasteiger partial charge on any atom is -0.192 e. The van der Waals surface area contributed by atoms with Gasteiger partial charge in [-0.15, -0.1) is 0 Å². The Labute approximate surface area is 130 Å². The molecular weight excluding hydrogens is 272 g/mol. The third kappa shape index (κ3) is 4.12. The van der Waals surface area contributed by atoms with Crippen LogP contribution in [0.4, 0.5) is 0 Å². The first kappa shape index (κ1) is 15.6. The van der Waals surface area contributed by atoms with E-state index in [9.17, 15) is 0 Å². The van der Waals surface area contributed by atoms with Gasteiger partial charge in [-0.2, -0.15) is 5.26 Å². The number of hydrogen-bond acceptors (Lipinski definition) is 2. The van der Waals surface area contributed by atoms with E-state index in [0.717, 1.165) is 24.0 Å². The van der Waals surface area contributed by atoms with Crippen LogP contribution in [0.2, 0.25) is 0 Å². The Kier molecular flexibility index (Phi) is 5.59. The Morgan fingerprint density at radius 2 is 1.68 bits per heavy atom. The highest BCUT2D eigenvalue weighted by Crippen LogP contribution is 2.22. The lowest BCUT2D eigenvalue weighted by Gasteiger charge is -2.12. The highest BCUT2D eigenvalue weighted by atomic mass is 15.1. The van der Waals surface area contributed by atoms with E-state index in [0.29, 0.717) is 18.0 Å². The topological polar surface area (TPSA) is 72.6 Å². The summed E-state index contributed by atoms with van der Waals surface area (Å²) in [5.41, 5.74) is 12.6. The van der Waals surface area contributed by atoms with Crippen LogP contribution in [0, 0.1) is 17.2 Å². The fourth-order valence-corrected chi connectivity index (χ4v) is 2.39. The maximum absolute atomic E-state index is 8.82. The largest absolute Gasteiger partial charge is 0.192 e. The molecule has 2 aromatic rings. The molecule has 0 aromatic heterocycles. The molecule has 2 rings (SSSR count). The zero-order valence-corrected chi connectivity index (χ0v) is 12.6. The van der Waals surface area contributed by atoms with Gasteiger partial charge in [-0.05, 0) is 46.7 Å². The van der Waals surface area contributed by atoms with Crippen molar-refractivity contribution in [2.45, 2.75) is 19.8 Å². The molecule has 0 fully saturated rings. The summed E-state index contributed by atoms with van der Waals surface area (Å²) >= 11 is 0. The average Bonchev–Trinajstić information content (AvgIpc) is 2.59. The summed E-state index contributed by atoms with van der Waals surface area (Å²) in [4.78, 5) is 2.84. The molecule has 4 nitrogen and oxygen atoms in total. The molecule has 1 unspecified atom stereocenters. The van der Waals surface area contributed by atoms with Crippen molar-refractivity contribution in [1.82, 2.24) is 0 Å². The zero-order chi connectivity index (χ0) is 15.8. The molecule has 0 bridgehead atoms. The fourth-order valence-electron chi connectivity index (χ4n) is 2.39. The molecule has 2 aromatic carbocycles. The van der Waals surface area contributed by atoms with Crippen molar-refractivity contribution in [2.75, 3.05) is 6.54 Å². The van der Waals surface area contributed by atoms with Crippen LogP contribution in [0.15, 0.2) is 53.6 Å². The normalized spacial score (nSPS) is 11.3. The van der Waals surface area contributed by atoms with Crippen LogP contribution < -0.4 is 0 Å². The predicted octanol–water partition coefficient (Wildman–Crippen LogP) is 5.10. The maximum Gasteiger partial charge on any atom is 0.0991 e. The lowest BCUT2D eigenvalue weighted by atomic mass is 9.95. The number of hydrogen-bond donors (Lipinski definition) is 0. The lowest BCUT2D eigenvalue weighted by Crippen LogP contribution is -2.06. The van der Waals surface area contributed by atoms with Crippen LogP contribution in [-0.2, 0) is 6.42 Å². The van der Waals surface area contributed by atoms with E-state index in [2.05, 4.69) is 47.3 Å². The van der Waals surface area contributed by atoms with Crippen molar-refractivity contribution in [3.8, 4) is 17.2 Å². The molecule has 0 radical (unpaired) electrons. The summed E-state index contributed by atoms with van der Waals surface area (Å²) in [6.45, 7) is 2.66. The van der Waals surface area contributed by atoms with Gasteiger partial charge in [-0.1, -0.05) is 54.9 Å². The quantitative estimate of drug-likeness (QED) is 0.414. The monoisotopic (exact) mass is 290 g/mol. The third-order valence-corrected chi connectivity index (χ3v) is 3.81. The van der Waals surface area contributed by atoms with Crippen LogP contribution in [-0.4, -0.2) is 6.54 Å². The van der Waals surface area contributed by atoms with Gasteiger partial charge in [0.2, 0.25) is 0 Å². The number of azide groups is 1. The Hall–Kier alpha value is -2.76. The first-order valence-corrected chi connectivity index (χ1v) is 7.37. The van der Waals surface area contributed by atoms with Gasteiger partial charge in [-0.25, -0.2) is 0 Å². The smallest absolute Gasteiger partial charge is 0.0991 e. The van der Waals surface area contributed by atoms with Gasteiger partial charge in [0.25, 0.3) is 0 Å². The molecule has 0 saturated carbocycles. The first-order valence-electron chi connectivity index (χ1n) is 7.37. The van der Waals surface area contributed by atoms with Crippen molar-refractivity contribution in [3.05, 3.63) is 70.1 Å². The highest BCUT2D eigenvalue weighted by molar-refractivity contribution is 5.64. The molecule has 0 amide bonds. The second kappa shape index (κ2) is 7.87. The lowest BCUT2D eigenvalue weighted by molar-refractivity contribution is 0.518. The van der Waals surface area contributed by atoms with Gasteiger partial charge >= 0.3 is 0 Å². The van der Waals surface area contributed by atoms with Crippen LogP contribution in [0.3, 0.4) is 0 Å². The van der Waals surface area contributed by atoms with Crippen molar-refractivity contribution in [1.29, 1.82) is 5.26 Å². The van der Waals surface area contributed by atoms with Gasteiger partial charge in [-0.3, -0.25) is 0 Å². The summed E-state index contributed by atoms with van der Waals surface area (Å²) < 4.78 is 0. The Morgan fingerprint density at radius 3 is 2.18 bits per heavy atom.